The van der Waals surface area contributed by atoms with Crippen LogP contribution in [-0.4, -0.2) is 34.5 Å². The van der Waals surface area contributed by atoms with Crippen molar-refractivity contribution in [1.29, 1.82) is 0 Å². The molecule has 0 aliphatic rings. The molecule has 0 radical (unpaired) electrons. The summed E-state index contributed by atoms with van der Waals surface area (Å²) in [5, 5.41) is 18.0. The first-order valence-corrected chi connectivity index (χ1v) is 4.22. The van der Waals surface area contributed by atoms with Crippen LogP contribution in [0.25, 0.3) is 0 Å². The van der Waals surface area contributed by atoms with Crippen molar-refractivity contribution >= 4 is 5.97 Å². The fourth-order valence-corrected chi connectivity index (χ4v) is 1.11. The van der Waals surface area contributed by atoms with E-state index in [2.05, 4.69) is 4.74 Å². The molecule has 0 spiro atoms. The van der Waals surface area contributed by atoms with E-state index in [0.717, 1.165) is 16.8 Å². The smallest absolute Gasteiger partial charge is 0.343 e. The SMILES string of the molecule is COC(=O)c1cn(CCO)c(=O)cc1O. The zero-order valence-electron chi connectivity index (χ0n) is 8.14. The van der Waals surface area contributed by atoms with Crippen molar-refractivity contribution in [2.45, 2.75) is 6.54 Å². The molecule has 1 rings (SSSR count). The van der Waals surface area contributed by atoms with Crippen LogP contribution in [0, 0.1) is 0 Å². The van der Waals surface area contributed by atoms with Crippen LogP contribution >= 0.6 is 0 Å². The van der Waals surface area contributed by atoms with Gasteiger partial charge in [-0.15, -0.1) is 0 Å². The Balaban J connectivity index is 3.23. The number of hydrogen-bond acceptors (Lipinski definition) is 5. The van der Waals surface area contributed by atoms with Crippen LogP contribution in [0.15, 0.2) is 17.1 Å². The van der Waals surface area contributed by atoms with Crippen molar-refractivity contribution in [2.75, 3.05) is 13.7 Å². The molecule has 1 heterocycles. The number of ether oxygens (including phenoxy) is 1. The number of aromatic nitrogens is 1. The fraction of sp³-hybridized carbons (Fsp3) is 0.333. The molecular weight excluding hydrogens is 202 g/mol. The summed E-state index contributed by atoms with van der Waals surface area (Å²) in [6, 6.07) is 0.905. The second-order valence-corrected chi connectivity index (χ2v) is 2.82. The van der Waals surface area contributed by atoms with Crippen LogP contribution in [0.4, 0.5) is 0 Å². The highest BCUT2D eigenvalue weighted by atomic mass is 16.5. The molecule has 0 bridgehead atoms. The fourth-order valence-electron chi connectivity index (χ4n) is 1.11. The van der Waals surface area contributed by atoms with E-state index in [4.69, 9.17) is 5.11 Å². The van der Waals surface area contributed by atoms with Crippen LogP contribution < -0.4 is 5.56 Å². The van der Waals surface area contributed by atoms with Crippen LogP contribution in [0.1, 0.15) is 10.4 Å². The van der Waals surface area contributed by atoms with E-state index in [-0.39, 0.29) is 18.7 Å². The molecular formula is C9H11NO5. The second kappa shape index (κ2) is 4.61. The second-order valence-electron chi connectivity index (χ2n) is 2.82. The lowest BCUT2D eigenvalue weighted by Crippen LogP contribution is -2.22. The van der Waals surface area contributed by atoms with Crippen molar-refractivity contribution in [1.82, 2.24) is 4.57 Å². The molecule has 1 aromatic heterocycles. The maximum atomic E-state index is 11.2. The zero-order valence-corrected chi connectivity index (χ0v) is 8.14. The van der Waals surface area contributed by atoms with E-state index in [1.165, 1.54) is 7.11 Å². The average Bonchev–Trinajstić information content (AvgIpc) is 2.21. The molecule has 0 aromatic carbocycles. The maximum absolute atomic E-state index is 11.2. The average molecular weight is 213 g/mol. The number of nitrogens with zero attached hydrogens (tertiary/aromatic N) is 1. The number of carbonyl (C=O) groups excluding carboxylic acids is 1. The number of aliphatic hydroxyl groups is 1. The Kier molecular flexibility index (Phi) is 3.46. The van der Waals surface area contributed by atoms with Crippen LogP contribution in [-0.2, 0) is 11.3 Å². The number of methoxy groups -OCH3 is 1. The highest BCUT2D eigenvalue weighted by Gasteiger charge is 2.13. The third-order valence-electron chi connectivity index (χ3n) is 1.85. The van der Waals surface area contributed by atoms with E-state index < -0.39 is 17.3 Å². The number of hydrogen-bond donors (Lipinski definition) is 2. The molecule has 0 aliphatic carbocycles. The van der Waals surface area contributed by atoms with E-state index in [1.807, 2.05) is 0 Å². The van der Waals surface area contributed by atoms with E-state index in [9.17, 15) is 14.7 Å². The molecule has 0 saturated heterocycles. The van der Waals surface area contributed by atoms with Crippen molar-refractivity contribution in [3.05, 3.63) is 28.2 Å². The summed E-state index contributed by atoms with van der Waals surface area (Å²) < 4.78 is 5.53. The molecule has 0 fully saturated rings. The molecule has 82 valence electrons. The quantitative estimate of drug-likeness (QED) is 0.650. The number of rotatable bonds is 3. The Morgan fingerprint density at radius 3 is 2.80 bits per heavy atom. The number of aliphatic hydroxyl groups excluding tert-OH is 1. The van der Waals surface area contributed by atoms with Gasteiger partial charge in [0.15, 0.2) is 0 Å². The molecule has 0 unspecified atom stereocenters. The Hall–Kier alpha value is -1.82. The van der Waals surface area contributed by atoms with Crippen LogP contribution in [0.5, 0.6) is 5.75 Å². The summed E-state index contributed by atoms with van der Waals surface area (Å²) in [5.41, 5.74) is -0.597. The minimum Gasteiger partial charge on any atom is -0.507 e. The molecule has 0 amide bonds. The summed E-state index contributed by atoms with van der Waals surface area (Å²) in [6.45, 7) is -0.172. The molecule has 0 atom stereocenters. The number of esters is 1. The Bertz CT molecular complexity index is 423. The minimum atomic E-state index is -0.737. The van der Waals surface area contributed by atoms with Crippen molar-refractivity contribution in [3.63, 3.8) is 0 Å². The third kappa shape index (κ3) is 2.35. The van der Waals surface area contributed by atoms with Crippen LogP contribution in [0.2, 0.25) is 0 Å². The monoisotopic (exact) mass is 213 g/mol. The Morgan fingerprint density at radius 2 is 2.27 bits per heavy atom. The number of aromatic hydroxyl groups is 1. The van der Waals surface area contributed by atoms with Crippen molar-refractivity contribution in [3.8, 4) is 5.75 Å². The van der Waals surface area contributed by atoms with Gasteiger partial charge in [0.2, 0.25) is 0 Å². The van der Waals surface area contributed by atoms with Gasteiger partial charge in [0, 0.05) is 18.8 Å². The van der Waals surface area contributed by atoms with Gasteiger partial charge in [0.05, 0.1) is 13.7 Å². The summed E-state index contributed by atoms with van der Waals surface area (Å²) in [7, 11) is 1.17. The van der Waals surface area contributed by atoms with Gasteiger partial charge in [0.1, 0.15) is 11.3 Å². The first kappa shape index (κ1) is 11.3. The normalized spacial score (nSPS) is 10.0. The van der Waals surface area contributed by atoms with E-state index >= 15 is 0 Å². The lowest BCUT2D eigenvalue weighted by atomic mass is 10.2. The highest BCUT2D eigenvalue weighted by Crippen LogP contribution is 2.13. The molecule has 6 nitrogen and oxygen atoms in total. The summed E-state index contributed by atoms with van der Waals surface area (Å²) >= 11 is 0. The van der Waals surface area contributed by atoms with Gasteiger partial charge in [-0.2, -0.15) is 0 Å². The Labute approximate surface area is 85.3 Å². The topological polar surface area (TPSA) is 88.8 Å². The van der Waals surface area contributed by atoms with Crippen molar-refractivity contribution in [2.24, 2.45) is 0 Å². The van der Waals surface area contributed by atoms with Gasteiger partial charge in [-0.05, 0) is 0 Å². The standard InChI is InChI=1S/C9H11NO5/c1-15-9(14)6-5-10(2-3-11)8(13)4-7(6)12/h4-5,11-12H,2-3H2,1H3. The third-order valence-corrected chi connectivity index (χ3v) is 1.85. The van der Waals surface area contributed by atoms with Gasteiger partial charge < -0.3 is 19.5 Å². The van der Waals surface area contributed by atoms with Gasteiger partial charge in [-0.25, -0.2) is 4.79 Å². The van der Waals surface area contributed by atoms with Gasteiger partial charge in [-0.3, -0.25) is 4.79 Å². The molecule has 15 heavy (non-hydrogen) atoms. The van der Waals surface area contributed by atoms with Crippen molar-refractivity contribution < 1.29 is 19.7 Å². The summed E-state index contributed by atoms with van der Waals surface area (Å²) in [6.07, 6.45) is 1.15. The number of carbonyl (C=O) groups is 1. The molecule has 2 N–H and O–H groups in total. The van der Waals surface area contributed by atoms with E-state index in [1.54, 1.807) is 0 Å². The molecule has 0 aliphatic heterocycles. The lowest BCUT2D eigenvalue weighted by molar-refractivity contribution is 0.0596. The summed E-state index contributed by atoms with van der Waals surface area (Å²) in [5.74, 6) is -1.17. The Morgan fingerprint density at radius 1 is 1.60 bits per heavy atom. The maximum Gasteiger partial charge on any atom is 0.343 e. The number of pyridine rings is 1. The molecule has 1 aromatic rings. The minimum absolute atomic E-state index is 0.0586. The molecule has 0 saturated carbocycles. The zero-order chi connectivity index (χ0) is 11.4. The molecule has 6 heteroatoms. The van der Waals surface area contributed by atoms with Gasteiger partial charge in [0.25, 0.3) is 5.56 Å². The lowest BCUT2D eigenvalue weighted by Gasteiger charge is -2.07. The first-order chi connectivity index (χ1) is 7.10. The van der Waals surface area contributed by atoms with Crippen LogP contribution in [0.3, 0.4) is 0 Å². The summed E-state index contributed by atoms with van der Waals surface area (Å²) in [4.78, 5) is 22.4. The van der Waals surface area contributed by atoms with Gasteiger partial charge >= 0.3 is 5.97 Å². The van der Waals surface area contributed by atoms with Gasteiger partial charge in [-0.1, -0.05) is 0 Å². The predicted molar refractivity (Wildman–Crippen MR) is 50.8 cm³/mol. The predicted octanol–water partition coefficient (Wildman–Crippen LogP) is -0.667. The van der Waals surface area contributed by atoms with E-state index in [0.29, 0.717) is 0 Å². The first-order valence-electron chi connectivity index (χ1n) is 4.22. The highest BCUT2D eigenvalue weighted by molar-refractivity contribution is 5.91. The largest absolute Gasteiger partial charge is 0.507 e.